The summed E-state index contributed by atoms with van der Waals surface area (Å²) in [5.41, 5.74) is 2.29. The van der Waals surface area contributed by atoms with Crippen LogP contribution in [-0.2, 0) is 6.42 Å². The van der Waals surface area contributed by atoms with Crippen LogP contribution in [0.1, 0.15) is 44.2 Å². The molecule has 0 N–H and O–H groups in total. The molecule has 0 bridgehead atoms. The maximum Gasteiger partial charge on any atom is 0.166 e. The van der Waals surface area contributed by atoms with Crippen LogP contribution in [0, 0.1) is 23.5 Å². The van der Waals surface area contributed by atoms with E-state index in [0.717, 1.165) is 24.8 Å². The van der Waals surface area contributed by atoms with Crippen molar-refractivity contribution >= 4 is 0 Å². The van der Waals surface area contributed by atoms with Gasteiger partial charge in [0.25, 0.3) is 0 Å². The minimum Gasteiger partial charge on any atom is -0.203 e. The van der Waals surface area contributed by atoms with E-state index in [0.29, 0.717) is 23.1 Å². The van der Waals surface area contributed by atoms with Crippen molar-refractivity contribution in [2.75, 3.05) is 0 Å². The molecule has 0 nitrogen and oxygen atoms in total. The first-order valence-corrected chi connectivity index (χ1v) is 7.73. The van der Waals surface area contributed by atoms with Crippen LogP contribution in [0.2, 0.25) is 0 Å². The molecule has 0 atom stereocenters. The fraction of sp³-hybridized carbons (Fsp3) is 0.300. The fourth-order valence-electron chi connectivity index (χ4n) is 2.30. The summed E-state index contributed by atoms with van der Waals surface area (Å²) in [6.45, 7) is 4.03. The van der Waals surface area contributed by atoms with E-state index in [-0.39, 0.29) is 0 Å². The van der Waals surface area contributed by atoms with E-state index in [1.54, 1.807) is 24.3 Å². The maximum atomic E-state index is 14.2. The third kappa shape index (κ3) is 3.74. The molecule has 0 spiro atoms. The number of unbranched alkanes of at least 4 members (excludes halogenated alkanes) is 1. The highest BCUT2D eigenvalue weighted by Crippen LogP contribution is 2.27. The van der Waals surface area contributed by atoms with Crippen molar-refractivity contribution < 1.29 is 8.78 Å². The second-order valence-electron chi connectivity index (χ2n) is 5.28. The normalized spacial score (nSPS) is 10.2. The Labute approximate surface area is 131 Å². The number of benzene rings is 2. The lowest BCUT2D eigenvalue weighted by Gasteiger charge is -2.08. The number of halogens is 2. The van der Waals surface area contributed by atoms with Gasteiger partial charge in [-0.3, -0.25) is 0 Å². The predicted molar refractivity (Wildman–Crippen MR) is 87.6 cm³/mol. The lowest BCUT2D eigenvalue weighted by molar-refractivity contribution is 0.500. The van der Waals surface area contributed by atoms with Crippen LogP contribution >= 0.6 is 0 Å². The zero-order chi connectivity index (χ0) is 15.9. The summed E-state index contributed by atoms with van der Waals surface area (Å²) >= 11 is 0. The lowest BCUT2D eigenvalue weighted by atomic mass is 10.00. The van der Waals surface area contributed by atoms with Gasteiger partial charge in [-0.15, -0.1) is 0 Å². The second kappa shape index (κ2) is 7.75. The van der Waals surface area contributed by atoms with Crippen LogP contribution in [0.15, 0.2) is 36.4 Å². The Morgan fingerprint density at radius 2 is 1.59 bits per heavy atom. The first kappa shape index (κ1) is 16.2. The van der Waals surface area contributed by atoms with E-state index < -0.39 is 11.6 Å². The van der Waals surface area contributed by atoms with E-state index in [9.17, 15) is 8.78 Å². The minimum atomic E-state index is -0.768. The van der Waals surface area contributed by atoms with E-state index >= 15 is 0 Å². The zero-order valence-electron chi connectivity index (χ0n) is 13.0. The molecule has 2 heteroatoms. The van der Waals surface area contributed by atoms with E-state index in [1.165, 1.54) is 0 Å². The Bertz CT molecular complexity index is 688. The molecule has 0 unspecified atom stereocenters. The van der Waals surface area contributed by atoms with Crippen LogP contribution < -0.4 is 0 Å². The molecule has 2 rings (SSSR count). The Kier molecular flexibility index (Phi) is 5.72. The SMILES string of the molecule is CCCC#Cc1ccc(-c2ccc(CCC)c(F)c2F)cc1. The molecule has 0 aliphatic heterocycles. The number of aryl methyl sites for hydroxylation is 1. The summed E-state index contributed by atoms with van der Waals surface area (Å²) in [4.78, 5) is 0. The van der Waals surface area contributed by atoms with Gasteiger partial charge in [-0.1, -0.05) is 56.4 Å². The van der Waals surface area contributed by atoms with Gasteiger partial charge in [-0.2, -0.15) is 0 Å². The topological polar surface area (TPSA) is 0 Å². The van der Waals surface area contributed by atoms with Crippen molar-refractivity contribution in [3.63, 3.8) is 0 Å². The molecule has 0 saturated carbocycles. The number of hydrogen-bond donors (Lipinski definition) is 0. The lowest BCUT2D eigenvalue weighted by Crippen LogP contribution is -1.97. The van der Waals surface area contributed by atoms with Crippen LogP contribution in [0.3, 0.4) is 0 Å². The monoisotopic (exact) mass is 298 g/mol. The van der Waals surface area contributed by atoms with Crippen molar-refractivity contribution in [3.05, 3.63) is 59.2 Å². The summed E-state index contributed by atoms with van der Waals surface area (Å²) in [6, 6.07) is 10.6. The van der Waals surface area contributed by atoms with Gasteiger partial charge in [0.15, 0.2) is 11.6 Å². The average molecular weight is 298 g/mol. The highest BCUT2D eigenvalue weighted by Gasteiger charge is 2.14. The van der Waals surface area contributed by atoms with Gasteiger partial charge in [-0.25, -0.2) is 8.78 Å². The molecule has 0 amide bonds. The Morgan fingerprint density at radius 1 is 0.864 bits per heavy atom. The zero-order valence-corrected chi connectivity index (χ0v) is 13.0. The third-order valence-electron chi connectivity index (χ3n) is 3.49. The van der Waals surface area contributed by atoms with E-state index in [4.69, 9.17) is 0 Å². The largest absolute Gasteiger partial charge is 0.203 e. The van der Waals surface area contributed by atoms with E-state index in [2.05, 4.69) is 18.8 Å². The molecule has 0 radical (unpaired) electrons. The average Bonchev–Trinajstić information content (AvgIpc) is 2.53. The molecule has 2 aromatic carbocycles. The van der Waals surface area contributed by atoms with Gasteiger partial charge in [0.1, 0.15) is 0 Å². The van der Waals surface area contributed by atoms with Gasteiger partial charge in [-0.05, 0) is 36.1 Å². The molecular weight excluding hydrogens is 278 g/mol. The van der Waals surface area contributed by atoms with Gasteiger partial charge in [0.2, 0.25) is 0 Å². The smallest absolute Gasteiger partial charge is 0.166 e. The van der Waals surface area contributed by atoms with Crippen molar-refractivity contribution in [1.29, 1.82) is 0 Å². The van der Waals surface area contributed by atoms with Crippen LogP contribution in [0.5, 0.6) is 0 Å². The van der Waals surface area contributed by atoms with Crippen LogP contribution in [-0.4, -0.2) is 0 Å². The molecule has 0 fully saturated rings. The van der Waals surface area contributed by atoms with Gasteiger partial charge in [0.05, 0.1) is 0 Å². The molecule has 114 valence electrons. The van der Waals surface area contributed by atoms with E-state index in [1.807, 2.05) is 19.1 Å². The van der Waals surface area contributed by atoms with Gasteiger partial charge < -0.3 is 0 Å². The quantitative estimate of drug-likeness (QED) is 0.632. The molecule has 0 aliphatic rings. The molecular formula is C20H20F2. The van der Waals surface area contributed by atoms with Crippen molar-refractivity contribution in [1.82, 2.24) is 0 Å². The van der Waals surface area contributed by atoms with Crippen molar-refractivity contribution in [3.8, 4) is 23.0 Å². The first-order valence-electron chi connectivity index (χ1n) is 7.73. The maximum absolute atomic E-state index is 14.2. The van der Waals surface area contributed by atoms with Crippen molar-refractivity contribution in [2.24, 2.45) is 0 Å². The standard InChI is InChI=1S/C20H20F2/c1-3-5-6-8-15-9-11-16(12-10-15)18-14-13-17(7-4-2)19(21)20(18)22/h9-14H,3-5,7H2,1-2H3. The summed E-state index contributed by atoms with van der Waals surface area (Å²) in [7, 11) is 0. The van der Waals surface area contributed by atoms with Crippen LogP contribution in [0.4, 0.5) is 8.78 Å². The third-order valence-corrected chi connectivity index (χ3v) is 3.49. The molecule has 0 aliphatic carbocycles. The Hall–Kier alpha value is -2.14. The van der Waals surface area contributed by atoms with Crippen molar-refractivity contribution in [2.45, 2.75) is 39.5 Å². The minimum absolute atomic E-state index is 0.297. The molecule has 0 heterocycles. The Morgan fingerprint density at radius 3 is 2.23 bits per heavy atom. The molecule has 0 saturated heterocycles. The summed E-state index contributed by atoms with van der Waals surface area (Å²) in [5.74, 6) is 4.63. The van der Waals surface area contributed by atoms with Gasteiger partial charge in [0, 0.05) is 17.5 Å². The summed E-state index contributed by atoms with van der Waals surface area (Å²) in [6.07, 6.45) is 3.23. The highest BCUT2D eigenvalue weighted by molar-refractivity contribution is 5.65. The second-order valence-corrected chi connectivity index (χ2v) is 5.28. The predicted octanol–water partition coefficient (Wildman–Crippen LogP) is 5.74. The highest BCUT2D eigenvalue weighted by atomic mass is 19.2. The first-order chi connectivity index (χ1) is 10.7. The summed E-state index contributed by atoms with van der Waals surface area (Å²) in [5, 5.41) is 0. The fourth-order valence-corrected chi connectivity index (χ4v) is 2.30. The van der Waals surface area contributed by atoms with Crippen LogP contribution in [0.25, 0.3) is 11.1 Å². The summed E-state index contributed by atoms with van der Waals surface area (Å²) < 4.78 is 28.2. The molecule has 2 aromatic rings. The van der Waals surface area contributed by atoms with Gasteiger partial charge >= 0.3 is 0 Å². The molecule has 22 heavy (non-hydrogen) atoms. The number of hydrogen-bond acceptors (Lipinski definition) is 0. The number of rotatable bonds is 4. The molecule has 0 aromatic heterocycles. The Balaban J connectivity index is 2.29.